The predicted molar refractivity (Wildman–Crippen MR) is 54.0 cm³/mol. The van der Waals surface area contributed by atoms with E-state index in [1.165, 1.54) is 24.3 Å². The molecule has 0 saturated carbocycles. The van der Waals surface area contributed by atoms with Crippen molar-refractivity contribution in [3.8, 4) is 0 Å². The minimum absolute atomic E-state index is 0.0535. The molecule has 0 spiro atoms. The Morgan fingerprint density at radius 1 is 1.53 bits per heavy atom. The van der Waals surface area contributed by atoms with Gasteiger partial charge in [0.25, 0.3) is 5.69 Å². The highest BCUT2D eigenvalue weighted by atomic mass is 32.2. The highest BCUT2D eigenvalue weighted by Gasteiger charge is 2.03. The fourth-order valence-electron chi connectivity index (χ4n) is 0.896. The van der Waals surface area contributed by atoms with Crippen molar-refractivity contribution < 1.29 is 17.9 Å². The van der Waals surface area contributed by atoms with Gasteiger partial charge in [0.1, 0.15) is 6.26 Å². The number of hydrogen-bond donors (Lipinski definition) is 1. The van der Waals surface area contributed by atoms with Crippen LogP contribution in [-0.4, -0.2) is 13.7 Å². The van der Waals surface area contributed by atoms with Gasteiger partial charge in [-0.3, -0.25) is 14.7 Å². The topological polar surface area (TPSA) is 89.7 Å². The molecule has 0 bridgehead atoms. The summed E-state index contributed by atoms with van der Waals surface area (Å²) in [5, 5.41) is 10.4. The zero-order valence-corrected chi connectivity index (χ0v) is 8.22. The van der Waals surface area contributed by atoms with Crippen molar-refractivity contribution in [1.29, 1.82) is 0 Å². The summed E-state index contributed by atoms with van der Waals surface area (Å²) in [6, 6.07) is 5.78. The Balaban J connectivity index is 2.78. The Morgan fingerprint density at radius 3 is 2.87 bits per heavy atom. The van der Waals surface area contributed by atoms with Gasteiger partial charge in [-0.2, -0.15) is 4.21 Å². The maximum Gasteiger partial charge on any atom is 0.356 e. The van der Waals surface area contributed by atoms with Gasteiger partial charge < -0.3 is 4.18 Å². The zero-order chi connectivity index (χ0) is 11.3. The van der Waals surface area contributed by atoms with Crippen LogP contribution in [0, 0.1) is 10.1 Å². The SMILES string of the molecule is O=[N+]([O-])c1cccc(/C=C/OS(=O)O)c1. The quantitative estimate of drug-likeness (QED) is 0.367. The van der Waals surface area contributed by atoms with Crippen LogP contribution in [0.2, 0.25) is 0 Å². The van der Waals surface area contributed by atoms with Crippen molar-refractivity contribution in [1.82, 2.24) is 0 Å². The van der Waals surface area contributed by atoms with Crippen LogP contribution in [0.25, 0.3) is 6.08 Å². The summed E-state index contributed by atoms with van der Waals surface area (Å²) in [6.07, 6.45) is 2.34. The van der Waals surface area contributed by atoms with Crippen LogP contribution in [0.5, 0.6) is 0 Å². The fraction of sp³-hybridized carbons (Fsp3) is 0. The molecule has 80 valence electrons. The van der Waals surface area contributed by atoms with Crippen LogP contribution in [0.4, 0.5) is 5.69 Å². The van der Waals surface area contributed by atoms with Crippen LogP contribution < -0.4 is 0 Å². The Hall–Kier alpha value is -1.73. The molecule has 0 radical (unpaired) electrons. The lowest BCUT2D eigenvalue weighted by atomic mass is 10.2. The van der Waals surface area contributed by atoms with Crippen molar-refractivity contribution in [3.63, 3.8) is 0 Å². The molecule has 0 fully saturated rings. The van der Waals surface area contributed by atoms with Crippen molar-refractivity contribution in [2.45, 2.75) is 0 Å². The van der Waals surface area contributed by atoms with E-state index in [1.807, 2.05) is 0 Å². The average molecular weight is 229 g/mol. The molecule has 0 aromatic heterocycles. The molecule has 0 saturated heterocycles. The van der Waals surface area contributed by atoms with Crippen LogP contribution in [-0.2, 0) is 15.5 Å². The van der Waals surface area contributed by atoms with E-state index in [0.29, 0.717) is 5.56 Å². The molecule has 0 aliphatic rings. The van der Waals surface area contributed by atoms with Crippen LogP contribution in [0.1, 0.15) is 5.56 Å². The maximum atomic E-state index is 10.4. The first-order valence-corrected chi connectivity index (χ1v) is 4.82. The van der Waals surface area contributed by atoms with Gasteiger partial charge >= 0.3 is 11.4 Å². The van der Waals surface area contributed by atoms with E-state index in [1.54, 1.807) is 6.07 Å². The Labute approximate surface area is 87.8 Å². The molecule has 6 nitrogen and oxygen atoms in total. The summed E-state index contributed by atoms with van der Waals surface area (Å²) >= 11 is -2.37. The first-order chi connectivity index (χ1) is 7.09. The molecule has 0 amide bonds. The van der Waals surface area contributed by atoms with E-state index in [-0.39, 0.29) is 5.69 Å². The van der Waals surface area contributed by atoms with Gasteiger partial charge in [0.2, 0.25) is 0 Å². The molecule has 1 aromatic carbocycles. The largest absolute Gasteiger partial charge is 0.388 e. The van der Waals surface area contributed by atoms with Crippen molar-refractivity contribution in [2.24, 2.45) is 0 Å². The van der Waals surface area contributed by atoms with E-state index in [2.05, 4.69) is 4.18 Å². The molecule has 1 aromatic rings. The third-order valence-electron chi connectivity index (χ3n) is 1.48. The molecule has 1 atom stereocenters. The first-order valence-electron chi connectivity index (χ1n) is 3.78. The summed E-state index contributed by atoms with van der Waals surface area (Å²) in [7, 11) is 0. The number of benzene rings is 1. The van der Waals surface area contributed by atoms with Gasteiger partial charge in [-0.25, -0.2) is 0 Å². The lowest BCUT2D eigenvalue weighted by molar-refractivity contribution is -0.384. The lowest BCUT2D eigenvalue weighted by Crippen LogP contribution is -1.88. The number of rotatable bonds is 4. The monoisotopic (exact) mass is 229 g/mol. The van der Waals surface area contributed by atoms with Crippen LogP contribution in [0.3, 0.4) is 0 Å². The van der Waals surface area contributed by atoms with E-state index in [0.717, 1.165) is 6.26 Å². The average Bonchev–Trinajstić information content (AvgIpc) is 2.17. The van der Waals surface area contributed by atoms with Gasteiger partial charge in [-0.15, -0.1) is 0 Å². The summed E-state index contributed by atoms with van der Waals surface area (Å²) < 4.78 is 22.6. The highest BCUT2D eigenvalue weighted by Crippen LogP contribution is 2.14. The van der Waals surface area contributed by atoms with E-state index in [4.69, 9.17) is 4.55 Å². The summed E-state index contributed by atoms with van der Waals surface area (Å²) in [5.74, 6) is 0. The molecule has 7 heteroatoms. The summed E-state index contributed by atoms with van der Waals surface area (Å²) in [4.78, 5) is 9.87. The standard InChI is InChI=1S/C8H7NO5S/c10-9(11)8-3-1-2-7(6-8)4-5-14-15(12)13/h1-6H,(H,12,13)/b5-4+. The minimum Gasteiger partial charge on any atom is -0.388 e. The first kappa shape index (κ1) is 11.3. The lowest BCUT2D eigenvalue weighted by Gasteiger charge is -1.94. The molecule has 1 unspecified atom stereocenters. The number of non-ortho nitro benzene ring substituents is 1. The zero-order valence-electron chi connectivity index (χ0n) is 7.40. The normalized spacial score (nSPS) is 12.6. The molecular weight excluding hydrogens is 222 g/mol. The molecule has 15 heavy (non-hydrogen) atoms. The van der Waals surface area contributed by atoms with Gasteiger partial charge in [-0.05, 0) is 11.6 Å². The van der Waals surface area contributed by atoms with E-state index >= 15 is 0 Å². The van der Waals surface area contributed by atoms with Crippen molar-refractivity contribution in [3.05, 3.63) is 46.2 Å². The van der Waals surface area contributed by atoms with Crippen molar-refractivity contribution >= 4 is 23.1 Å². The summed E-state index contributed by atoms with van der Waals surface area (Å²) in [5.41, 5.74) is 0.455. The number of nitrogens with zero attached hydrogens (tertiary/aromatic N) is 1. The number of hydrogen-bond acceptors (Lipinski definition) is 4. The fourth-order valence-corrected chi connectivity index (χ4v) is 1.05. The Morgan fingerprint density at radius 2 is 2.27 bits per heavy atom. The molecular formula is C8H7NO5S. The minimum atomic E-state index is -2.37. The number of nitro benzene ring substituents is 1. The number of nitro groups is 1. The molecule has 0 aliphatic heterocycles. The van der Waals surface area contributed by atoms with Crippen LogP contribution >= 0.6 is 0 Å². The van der Waals surface area contributed by atoms with E-state index in [9.17, 15) is 14.3 Å². The van der Waals surface area contributed by atoms with Crippen LogP contribution in [0.15, 0.2) is 30.5 Å². The smallest absolute Gasteiger partial charge is 0.356 e. The van der Waals surface area contributed by atoms with Crippen molar-refractivity contribution in [2.75, 3.05) is 0 Å². The third-order valence-corrected chi connectivity index (χ3v) is 1.76. The highest BCUT2D eigenvalue weighted by molar-refractivity contribution is 7.74. The second-order valence-corrected chi connectivity index (χ2v) is 3.09. The maximum absolute atomic E-state index is 10.4. The summed E-state index contributed by atoms with van der Waals surface area (Å²) in [6.45, 7) is 0. The second-order valence-electron chi connectivity index (χ2n) is 2.47. The Bertz CT molecular complexity index is 417. The van der Waals surface area contributed by atoms with Gasteiger partial charge in [-0.1, -0.05) is 12.1 Å². The molecule has 1 rings (SSSR count). The van der Waals surface area contributed by atoms with Gasteiger partial charge in [0, 0.05) is 12.1 Å². The van der Waals surface area contributed by atoms with E-state index < -0.39 is 16.3 Å². The second kappa shape index (κ2) is 5.23. The van der Waals surface area contributed by atoms with Gasteiger partial charge in [0.15, 0.2) is 0 Å². The van der Waals surface area contributed by atoms with Gasteiger partial charge in [0.05, 0.1) is 4.92 Å². The Kier molecular flexibility index (Phi) is 3.95. The molecule has 0 heterocycles. The third kappa shape index (κ3) is 3.88. The molecule has 0 aliphatic carbocycles. The predicted octanol–water partition coefficient (Wildman–Crippen LogP) is 1.72. The molecule has 1 N–H and O–H groups in total.